The lowest BCUT2D eigenvalue weighted by Gasteiger charge is -2.12. The molecule has 0 unspecified atom stereocenters. The summed E-state index contributed by atoms with van der Waals surface area (Å²) < 4.78 is 0. The maximum absolute atomic E-state index is 4.72. The Kier molecular flexibility index (Phi) is 9.45. The van der Waals surface area contributed by atoms with Crippen molar-refractivity contribution in [3.05, 3.63) is 23.7 Å². The van der Waals surface area contributed by atoms with E-state index in [2.05, 4.69) is 39.4 Å². The minimum absolute atomic E-state index is 0. The molecular weight excluding hydrogens is 409 g/mol. The van der Waals surface area contributed by atoms with Crippen LogP contribution in [0.5, 0.6) is 0 Å². The van der Waals surface area contributed by atoms with E-state index in [4.69, 9.17) is 4.98 Å². The molecule has 7 heteroatoms. The lowest BCUT2D eigenvalue weighted by atomic mass is 10.3. The molecule has 0 aliphatic carbocycles. The van der Waals surface area contributed by atoms with Crippen LogP contribution < -0.4 is 15.5 Å². The second-order valence-corrected chi connectivity index (χ2v) is 5.83. The van der Waals surface area contributed by atoms with Crippen molar-refractivity contribution in [3.8, 4) is 0 Å². The predicted molar refractivity (Wildman–Crippen MR) is 107 cm³/mol. The number of rotatable bonds is 7. The monoisotopic (exact) mass is 435 g/mol. The van der Waals surface area contributed by atoms with Crippen LogP contribution >= 0.6 is 35.3 Å². The smallest absolute Gasteiger partial charge is 0.191 e. The molecule has 0 bridgehead atoms. The van der Waals surface area contributed by atoms with Crippen molar-refractivity contribution in [3.63, 3.8) is 0 Å². The molecular formula is C15H26IN5S. The highest BCUT2D eigenvalue weighted by Gasteiger charge is 2.15. The average Bonchev–Trinajstić information content (AvgIpc) is 3.15. The van der Waals surface area contributed by atoms with Gasteiger partial charge in [0.15, 0.2) is 11.1 Å². The zero-order valence-electron chi connectivity index (χ0n) is 13.2. The van der Waals surface area contributed by atoms with E-state index < -0.39 is 0 Å². The Balaban J connectivity index is 0.00000242. The third-order valence-corrected chi connectivity index (χ3v) is 4.26. The molecule has 2 N–H and O–H groups in total. The Hall–Kier alpha value is -0.830. The Morgan fingerprint density at radius 3 is 2.91 bits per heavy atom. The van der Waals surface area contributed by atoms with Crippen molar-refractivity contribution < 1.29 is 0 Å². The molecule has 124 valence electrons. The first kappa shape index (κ1) is 19.2. The molecule has 2 heterocycles. The molecule has 1 aromatic heterocycles. The normalized spacial score (nSPS) is 14.6. The van der Waals surface area contributed by atoms with Gasteiger partial charge in [0, 0.05) is 44.5 Å². The summed E-state index contributed by atoms with van der Waals surface area (Å²) in [5.41, 5.74) is 1.14. The van der Waals surface area contributed by atoms with Gasteiger partial charge in [-0.2, -0.15) is 0 Å². The van der Waals surface area contributed by atoms with Crippen LogP contribution in [-0.2, 0) is 6.42 Å². The fourth-order valence-electron chi connectivity index (χ4n) is 2.26. The minimum atomic E-state index is 0. The van der Waals surface area contributed by atoms with Crippen molar-refractivity contribution in [2.24, 2.45) is 4.99 Å². The molecule has 0 saturated carbocycles. The van der Waals surface area contributed by atoms with Crippen LogP contribution in [0.15, 0.2) is 23.0 Å². The Morgan fingerprint density at radius 1 is 1.45 bits per heavy atom. The van der Waals surface area contributed by atoms with Gasteiger partial charge in [-0.05, 0) is 19.8 Å². The van der Waals surface area contributed by atoms with E-state index in [1.807, 2.05) is 6.08 Å². The highest BCUT2D eigenvalue weighted by atomic mass is 127. The zero-order valence-corrected chi connectivity index (χ0v) is 16.3. The molecule has 1 fully saturated rings. The van der Waals surface area contributed by atoms with Gasteiger partial charge in [0.2, 0.25) is 0 Å². The van der Waals surface area contributed by atoms with Gasteiger partial charge in [-0.15, -0.1) is 41.9 Å². The number of halogens is 1. The van der Waals surface area contributed by atoms with E-state index in [1.165, 1.54) is 18.0 Å². The van der Waals surface area contributed by atoms with E-state index in [0.29, 0.717) is 0 Å². The van der Waals surface area contributed by atoms with Crippen LogP contribution in [-0.4, -0.2) is 43.7 Å². The van der Waals surface area contributed by atoms with Gasteiger partial charge in [0.05, 0.1) is 5.69 Å². The number of aliphatic imine (C=N–C) groups is 1. The lowest BCUT2D eigenvalue weighted by Crippen LogP contribution is -2.37. The quantitative estimate of drug-likeness (QED) is 0.299. The molecule has 2 rings (SSSR count). The minimum Gasteiger partial charge on any atom is -0.357 e. The van der Waals surface area contributed by atoms with Crippen molar-refractivity contribution in [2.75, 3.05) is 37.6 Å². The topological polar surface area (TPSA) is 52.6 Å². The summed E-state index contributed by atoms with van der Waals surface area (Å²) in [6, 6.07) is 0. The largest absolute Gasteiger partial charge is 0.357 e. The fourth-order valence-corrected chi connectivity index (χ4v) is 3.17. The number of thiazole rings is 1. The van der Waals surface area contributed by atoms with Crippen molar-refractivity contribution >= 4 is 46.4 Å². The van der Waals surface area contributed by atoms with Crippen molar-refractivity contribution in [1.29, 1.82) is 0 Å². The van der Waals surface area contributed by atoms with E-state index in [1.54, 1.807) is 11.3 Å². The van der Waals surface area contributed by atoms with E-state index in [9.17, 15) is 0 Å². The molecule has 22 heavy (non-hydrogen) atoms. The Labute approximate surface area is 154 Å². The predicted octanol–water partition coefficient (Wildman–Crippen LogP) is 2.64. The Morgan fingerprint density at radius 2 is 2.23 bits per heavy atom. The third-order valence-electron chi connectivity index (χ3n) is 3.31. The van der Waals surface area contributed by atoms with Gasteiger partial charge in [-0.3, -0.25) is 4.99 Å². The second-order valence-electron chi connectivity index (χ2n) is 5.00. The molecule has 0 amide bonds. The van der Waals surface area contributed by atoms with Crippen LogP contribution in [0.3, 0.4) is 0 Å². The summed E-state index contributed by atoms with van der Waals surface area (Å²) in [6.45, 7) is 10.4. The SMILES string of the molecule is C=CCNC(=NCCc1csc(N2CCCC2)n1)NCC.I. The summed E-state index contributed by atoms with van der Waals surface area (Å²) in [6.07, 6.45) is 5.30. The van der Waals surface area contributed by atoms with Crippen molar-refractivity contribution in [1.82, 2.24) is 15.6 Å². The maximum Gasteiger partial charge on any atom is 0.191 e. The fraction of sp³-hybridized carbons (Fsp3) is 0.600. The van der Waals surface area contributed by atoms with Gasteiger partial charge in [0.1, 0.15) is 0 Å². The van der Waals surface area contributed by atoms with Gasteiger partial charge in [-0.1, -0.05) is 6.08 Å². The molecule has 0 spiro atoms. The van der Waals surface area contributed by atoms with E-state index in [-0.39, 0.29) is 24.0 Å². The summed E-state index contributed by atoms with van der Waals surface area (Å²) in [5.74, 6) is 0.840. The van der Waals surface area contributed by atoms with Crippen LogP contribution in [0.4, 0.5) is 5.13 Å². The first-order chi connectivity index (χ1) is 10.3. The van der Waals surface area contributed by atoms with Crippen LogP contribution in [0.25, 0.3) is 0 Å². The molecule has 5 nitrogen and oxygen atoms in total. The molecule has 1 aromatic rings. The highest BCUT2D eigenvalue weighted by molar-refractivity contribution is 14.0. The summed E-state index contributed by atoms with van der Waals surface area (Å²) in [4.78, 5) is 11.6. The molecule has 1 saturated heterocycles. The first-order valence-electron chi connectivity index (χ1n) is 7.66. The number of hydrogen-bond acceptors (Lipinski definition) is 4. The maximum atomic E-state index is 4.72. The van der Waals surface area contributed by atoms with Gasteiger partial charge in [0.25, 0.3) is 0 Å². The van der Waals surface area contributed by atoms with Crippen molar-refractivity contribution in [2.45, 2.75) is 26.2 Å². The average molecular weight is 435 g/mol. The van der Waals surface area contributed by atoms with E-state index >= 15 is 0 Å². The third kappa shape index (κ3) is 6.12. The Bertz CT molecular complexity index is 468. The molecule has 0 atom stereocenters. The highest BCUT2D eigenvalue weighted by Crippen LogP contribution is 2.24. The number of guanidine groups is 1. The molecule has 1 aliphatic heterocycles. The molecule has 0 radical (unpaired) electrons. The summed E-state index contributed by atoms with van der Waals surface area (Å²) in [5, 5.41) is 9.75. The lowest BCUT2D eigenvalue weighted by molar-refractivity contribution is 0.844. The van der Waals surface area contributed by atoms with Crippen LogP contribution in [0.1, 0.15) is 25.5 Å². The van der Waals surface area contributed by atoms with Gasteiger partial charge in [-0.25, -0.2) is 4.98 Å². The second kappa shape index (κ2) is 10.8. The van der Waals surface area contributed by atoms with Gasteiger partial charge >= 0.3 is 0 Å². The van der Waals surface area contributed by atoms with Gasteiger partial charge < -0.3 is 15.5 Å². The summed E-state index contributed by atoms with van der Waals surface area (Å²) in [7, 11) is 0. The standard InChI is InChI=1S/C15H25N5S.HI/c1-3-8-17-14(16-4-2)18-9-7-13-12-21-15(19-13)20-10-5-6-11-20;/h3,12H,1,4-11H2,2H3,(H2,16,17,18);1H. The zero-order chi connectivity index (χ0) is 14.9. The number of hydrogen-bond donors (Lipinski definition) is 2. The van der Waals surface area contributed by atoms with Crippen LogP contribution in [0, 0.1) is 0 Å². The number of anilines is 1. The van der Waals surface area contributed by atoms with Crippen LogP contribution in [0.2, 0.25) is 0 Å². The number of aromatic nitrogens is 1. The number of nitrogens with zero attached hydrogens (tertiary/aromatic N) is 3. The first-order valence-corrected chi connectivity index (χ1v) is 8.54. The van der Waals surface area contributed by atoms with E-state index in [0.717, 1.165) is 50.8 Å². The summed E-state index contributed by atoms with van der Waals surface area (Å²) >= 11 is 1.75. The number of nitrogens with one attached hydrogen (secondary N) is 2. The molecule has 1 aliphatic rings. The molecule has 0 aromatic carbocycles.